The van der Waals surface area contributed by atoms with E-state index in [2.05, 4.69) is 13.0 Å². The minimum Gasteiger partial charge on any atom is -0.454 e. The lowest BCUT2D eigenvalue weighted by Gasteiger charge is -2.23. The Morgan fingerprint density at radius 3 is 2.96 bits per heavy atom. The van der Waals surface area contributed by atoms with Crippen LogP contribution >= 0.6 is 11.3 Å². The molecule has 5 rings (SSSR count). The highest BCUT2D eigenvalue weighted by molar-refractivity contribution is 7.22. The Bertz CT molecular complexity index is 1040. The van der Waals surface area contributed by atoms with Gasteiger partial charge >= 0.3 is 0 Å². The number of fused-ring (bicyclic) bond motifs is 2. The number of ether oxygens (including phenoxy) is 3. The number of rotatable bonds is 4. The Morgan fingerprint density at radius 1 is 1.21 bits per heavy atom. The van der Waals surface area contributed by atoms with Crippen molar-refractivity contribution in [3.8, 4) is 11.5 Å². The Balaban J connectivity index is 1.52. The summed E-state index contributed by atoms with van der Waals surface area (Å²) in [6, 6.07) is 11.4. The molecule has 28 heavy (non-hydrogen) atoms. The number of aromatic nitrogens is 1. The molecule has 2 aliphatic rings. The van der Waals surface area contributed by atoms with Crippen molar-refractivity contribution in [2.75, 3.05) is 24.8 Å². The minimum atomic E-state index is -0.107. The fourth-order valence-electron chi connectivity index (χ4n) is 3.56. The number of benzene rings is 2. The highest BCUT2D eigenvalue weighted by atomic mass is 32.1. The normalized spacial score (nSPS) is 18.0. The Kier molecular flexibility index (Phi) is 4.41. The summed E-state index contributed by atoms with van der Waals surface area (Å²) in [4.78, 5) is 19.9. The molecular formula is C21H20N2O4S. The largest absolute Gasteiger partial charge is 0.454 e. The van der Waals surface area contributed by atoms with E-state index in [-0.39, 0.29) is 18.8 Å². The summed E-state index contributed by atoms with van der Waals surface area (Å²) < 4.78 is 17.7. The van der Waals surface area contributed by atoms with Crippen LogP contribution in [0, 0.1) is 6.92 Å². The molecule has 1 saturated heterocycles. The van der Waals surface area contributed by atoms with Crippen molar-refractivity contribution in [3.63, 3.8) is 0 Å². The number of hydrogen-bond donors (Lipinski definition) is 0. The van der Waals surface area contributed by atoms with Gasteiger partial charge in [-0.15, -0.1) is 0 Å². The molecule has 7 heteroatoms. The Labute approximate surface area is 166 Å². The zero-order chi connectivity index (χ0) is 19.1. The molecule has 0 spiro atoms. The number of hydrogen-bond acceptors (Lipinski definition) is 6. The molecule has 0 saturated carbocycles. The third-order valence-electron chi connectivity index (χ3n) is 5.04. The van der Waals surface area contributed by atoms with Crippen LogP contribution in [-0.4, -0.2) is 36.9 Å². The van der Waals surface area contributed by atoms with Gasteiger partial charge in [0.2, 0.25) is 6.79 Å². The smallest absolute Gasteiger partial charge is 0.260 e. The molecule has 0 bridgehead atoms. The zero-order valence-corrected chi connectivity index (χ0v) is 16.3. The highest BCUT2D eigenvalue weighted by Gasteiger charge is 2.28. The number of aryl methyl sites for hydroxylation is 1. The monoisotopic (exact) mass is 396 g/mol. The van der Waals surface area contributed by atoms with Crippen LogP contribution in [0.15, 0.2) is 36.4 Å². The highest BCUT2D eigenvalue weighted by Crippen LogP contribution is 2.35. The Morgan fingerprint density at radius 2 is 2.11 bits per heavy atom. The first kappa shape index (κ1) is 17.5. The van der Waals surface area contributed by atoms with E-state index in [4.69, 9.17) is 19.2 Å². The van der Waals surface area contributed by atoms with Crippen LogP contribution < -0.4 is 14.4 Å². The maximum absolute atomic E-state index is 13.4. The first-order valence-corrected chi connectivity index (χ1v) is 10.2. The van der Waals surface area contributed by atoms with Gasteiger partial charge in [-0.25, -0.2) is 4.98 Å². The van der Waals surface area contributed by atoms with E-state index in [9.17, 15) is 4.79 Å². The molecule has 0 radical (unpaired) electrons. The van der Waals surface area contributed by atoms with Crippen molar-refractivity contribution < 1.29 is 19.0 Å². The number of nitrogens with zero attached hydrogens (tertiary/aromatic N) is 2. The maximum Gasteiger partial charge on any atom is 0.260 e. The van der Waals surface area contributed by atoms with Crippen molar-refractivity contribution in [1.29, 1.82) is 0 Å². The molecule has 144 valence electrons. The lowest BCUT2D eigenvalue weighted by molar-refractivity contribution is 0.0917. The van der Waals surface area contributed by atoms with Crippen molar-refractivity contribution >= 4 is 32.6 Å². The quantitative estimate of drug-likeness (QED) is 0.663. The third-order valence-corrected chi connectivity index (χ3v) is 6.08. The van der Waals surface area contributed by atoms with Gasteiger partial charge in [-0.05, 0) is 55.7 Å². The number of thiazole rings is 1. The van der Waals surface area contributed by atoms with Crippen molar-refractivity contribution in [2.45, 2.75) is 25.9 Å². The summed E-state index contributed by atoms with van der Waals surface area (Å²) in [7, 11) is 0. The van der Waals surface area contributed by atoms with E-state index < -0.39 is 0 Å². The zero-order valence-electron chi connectivity index (χ0n) is 15.5. The lowest BCUT2D eigenvalue weighted by atomic mass is 10.1. The molecule has 1 unspecified atom stereocenters. The van der Waals surface area contributed by atoms with Crippen LogP contribution in [0.25, 0.3) is 10.2 Å². The molecule has 3 heterocycles. The molecular weight excluding hydrogens is 376 g/mol. The topological polar surface area (TPSA) is 60.9 Å². The molecule has 0 aliphatic carbocycles. The van der Waals surface area contributed by atoms with Gasteiger partial charge in [-0.2, -0.15) is 0 Å². The summed E-state index contributed by atoms with van der Waals surface area (Å²) in [5.74, 6) is 1.16. The predicted molar refractivity (Wildman–Crippen MR) is 108 cm³/mol. The molecule has 2 aliphatic heterocycles. The maximum atomic E-state index is 13.4. The molecule has 2 aromatic carbocycles. The van der Waals surface area contributed by atoms with Crippen LogP contribution in [0.4, 0.5) is 5.13 Å². The molecule has 6 nitrogen and oxygen atoms in total. The fraction of sp³-hybridized carbons (Fsp3) is 0.333. The van der Waals surface area contributed by atoms with Crippen molar-refractivity contribution in [3.05, 3.63) is 47.5 Å². The number of amides is 1. The molecule has 1 aromatic heterocycles. The second kappa shape index (κ2) is 7.07. The summed E-state index contributed by atoms with van der Waals surface area (Å²) in [6.07, 6.45) is 2.01. The van der Waals surface area contributed by atoms with E-state index in [0.29, 0.717) is 28.7 Å². The van der Waals surface area contributed by atoms with Crippen LogP contribution in [0.2, 0.25) is 0 Å². The summed E-state index contributed by atoms with van der Waals surface area (Å²) in [5.41, 5.74) is 2.63. The molecule has 3 aromatic rings. The van der Waals surface area contributed by atoms with Gasteiger partial charge in [-0.3, -0.25) is 9.69 Å². The molecule has 1 atom stereocenters. The van der Waals surface area contributed by atoms with Gasteiger partial charge in [0.1, 0.15) is 0 Å². The second-order valence-corrected chi connectivity index (χ2v) is 8.10. The minimum absolute atomic E-state index is 0.0340. The van der Waals surface area contributed by atoms with Gasteiger partial charge in [0.15, 0.2) is 16.6 Å². The second-order valence-electron chi connectivity index (χ2n) is 7.09. The molecule has 1 amide bonds. The van der Waals surface area contributed by atoms with Gasteiger partial charge in [-0.1, -0.05) is 17.4 Å². The van der Waals surface area contributed by atoms with E-state index in [1.807, 2.05) is 12.1 Å². The van der Waals surface area contributed by atoms with Crippen molar-refractivity contribution in [2.24, 2.45) is 0 Å². The van der Waals surface area contributed by atoms with E-state index in [1.165, 1.54) is 16.9 Å². The molecule has 1 fully saturated rings. The van der Waals surface area contributed by atoms with Crippen LogP contribution in [0.3, 0.4) is 0 Å². The SMILES string of the molecule is Cc1ccc2nc(N(CC3CCCO3)C(=O)c3ccc4c(c3)OCO4)sc2c1. The fourth-order valence-corrected chi connectivity index (χ4v) is 4.63. The lowest BCUT2D eigenvalue weighted by Crippen LogP contribution is -2.37. The summed E-state index contributed by atoms with van der Waals surface area (Å²) in [6.45, 7) is 3.48. The van der Waals surface area contributed by atoms with Gasteiger partial charge in [0.25, 0.3) is 5.91 Å². The van der Waals surface area contributed by atoms with E-state index >= 15 is 0 Å². The van der Waals surface area contributed by atoms with Gasteiger partial charge < -0.3 is 14.2 Å². The average molecular weight is 396 g/mol. The summed E-state index contributed by atoms with van der Waals surface area (Å²) in [5, 5.41) is 0.693. The van der Waals surface area contributed by atoms with E-state index in [1.54, 1.807) is 23.1 Å². The number of carbonyl (C=O) groups is 1. The van der Waals surface area contributed by atoms with Crippen LogP contribution in [0.1, 0.15) is 28.8 Å². The van der Waals surface area contributed by atoms with Gasteiger partial charge in [0.05, 0.1) is 22.9 Å². The van der Waals surface area contributed by atoms with Crippen LogP contribution in [-0.2, 0) is 4.74 Å². The number of anilines is 1. The summed E-state index contributed by atoms with van der Waals surface area (Å²) >= 11 is 1.53. The number of carbonyl (C=O) groups excluding carboxylic acids is 1. The Hall–Kier alpha value is -2.64. The average Bonchev–Trinajstić information content (AvgIpc) is 3.44. The van der Waals surface area contributed by atoms with Gasteiger partial charge in [0, 0.05) is 12.2 Å². The first-order valence-electron chi connectivity index (χ1n) is 9.38. The molecule has 0 N–H and O–H groups in total. The first-order chi connectivity index (χ1) is 13.7. The van der Waals surface area contributed by atoms with Crippen LogP contribution in [0.5, 0.6) is 11.5 Å². The predicted octanol–water partition coefficient (Wildman–Crippen LogP) is 4.16. The van der Waals surface area contributed by atoms with Crippen molar-refractivity contribution in [1.82, 2.24) is 4.98 Å². The van der Waals surface area contributed by atoms with E-state index in [0.717, 1.165) is 29.7 Å². The third kappa shape index (κ3) is 3.21. The standard InChI is InChI=1S/C21H20N2O4S/c1-13-4-6-16-19(9-13)28-21(22-16)23(11-15-3-2-8-25-15)20(24)14-5-7-17-18(10-14)27-12-26-17/h4-7,9-10,15H,2-3,8,11-12H2,1H3.